The summed E-state index contributed by atoms with van der Waals surface area (Å²) in [4.78, 5) is 23.0. The summed E-state index contributed by atoms with van der Waals surface area (Å²) in [5.74, 6) is 0.103. The zero-order chi connectivity index (χ0) is 15.2. The van der Waals surface area contributed by atoms with Gasteiger partial charge in [-0.1, -0.05) is 18.2 Å². The number of nitrogens with one attached hydrogen (secondary N) is 1. The fourth-order valence-electron chi connectivity index (χ4n) is 1.57. The van der Waals surface area contributed by atoms with Gasteiger partial charge in [-0.25, -0.2) is 0 Å². The lowest BCUT2D eigenvalue weighted by Gasteiger charge is -2.07. The molecule has 0 saturated carbocycles. The Morgan fingerprint density at radius 3 is 2.57 bits per heavy atom. The lowest BCUT2D eigenvalue weighted by Crippen LogP contribution is -2.14. The van der Waals surface area contributed by atoms with Crippen LogP contribution in [0.3, 0.4) is 0 Å². The van der Waals surface area contributed by atoms with Crippen LogP contribution in [0.4, 0.5) is 11.4 Å². The van der Waals surface area contributed by atoms with Crippen LogP contribution >= 0.6 is 27.7 Å². The number of halogens is 1. The second-order valence-electron chi connectivity index (χ2n) is 4.07. The number of hydrogen-bond donors (Lipinski definition) is 1. The van der Waals surface area contributed by atoms with Crippen molar-refractivity contribution < 1.29 is 9.72 Å². The van der Waals surface area contributed by atoms with E-state index < -0.39 is 4.92 Å². The van der Waals surface area contributed by atoms with E-state index in [9.17, 15) is 14.9 Å². The Hall–Kier alpha value is -1.86. The van der Waals surface area contributed by atoms with E-state index >= 15 is 0 Å². The Kier molecular flexibility index (Phi) is 5.35. The summed E-state index contributed by atoms with van der Waals surface area (Å²) in [6.07, 6.45) is 0. The normalized spacial score (nSPS) is 10.1. The Morgan fingerprint density at radius 2 is 1.95 bits per heavy atom. The maximum Gasteiger partial charge on any atom is 0.270 e. The largest absolute Gasteiger partial charge is 0.324 e. The van der Waals surface area contributed by atoms with Gasteiger partial charge < -0.3 is 5.32 Å². The average Bonchev–Trinajstić information content (AvgIpc) is 2.48. The summed E-state index contributed by atoms with van der Waals surface area (Å²) < 4.78 is 0.481. The van der Waals surface area contributed by atoms with E-state index in [-0.39, 0.29) is 17.3 Å². The summed E-state index contributed by atoms with van der Waals surface area (Å²) >= 11 is 4.64. The fourth-order valence-corrected chi connectivity index (χ4v) is 2.76. The van der Waals surface area contributed by atoms with Crippen LogP contribution in [-0.4, -0.2) is 16.6 Å². The average molecular weight is 367 g/mol. The summed E-state index contributed by atoms with van der Waals surface area (Å²) in [5.41, 5.74) is 0.484. The molecule has 1 amide bonds. The summed E-state index contributed by atoms with van der Waals surface area (Å²) in [7, 11) is 0. The molecule has 2 aromatic rings. The zero-order valence-corrected chi connectivity index (χ0v) is 13.2. The van der Waals surface area contributed by atoms with Gasteiger partial charge in [0.05, 0.1) is 16.4 Å². The van der Waals surface area contributed by atoms with Gasteiger partial charge in [0.15, 0.2) is 0 Å². The number of nitro groups is 1. The van der Waals surface area contributed by atoms with Crippen LogP contribution in [0.5, 0.6) is 0 Å². The SMILES string of the molecule is O=C(CSc1ccccc1)Nc1ccc([N+](=O)[O-])cc1Br. The second-order valence-corrected chi connectivity index (χ2v) is 5.97. The van der Waals surface area contributed by atoms with E-state index in [1.165, 1.54) is 30.0 Å². The topological polar surface area (TPSA) is 72.2 Å². The van der Waals surface area contributed by atoms with Gasteiger partial charge >= 0.3 is 0 Å². The van der Waals surface area contributed by atoms with E-state index in [2.05, 4.69) is 21.2 Å². The number of nitrogens with zero attached hydrogens (tertiary/aromatic N) is 1. The number of carbonyl (C=O) groups is 1. The highest BCUT2D eigenvalue weighted by atomic mass is 79.9. The summed E-state index contributed by atoms with van der Waals surface area (Å²) in [5, 5.41) is 13.4. The van der Waals surface area contributed by atoms with Crippen molar-refractivity contribution in [3.05, 3.63) is 63.1 Å². The van der Waals surface area contributed by atoms with Gasteiger partial charge in [-0.3, -0.25) is 14.9 Å². The van der Waals surface area contributed by atoms with Crippen LogP contribution in [0.15, 0.2) is 57.9 Å². The van der Waals surface area contributed by atoms with Crippen molar-refractivity contribution >= 4 is 45.0 Å². The predicted octanol–water partition coefficient (Wildman–Crippen LogP) is 4.09. The van der Waals surface area contributed by atoms with Gasteiger partial charge in [0.25, 0.3) is 5.69 Å². The van der Waals surface area contributed by atoms with Crippen molar-refractivity contribution in [1.82, 2.24) is 0 Å². The smallest absolute Gasteiger partial charge is 0.270 e. The molecule has 2 aromatic carbocycles. The van der Waals surface area contributed by atoms with Crippen molar-refractivity contribution in [2.75, 3.05) is 11.1 Å². The van der Waals surface area contributed by atoms with Crippen LogP contribution in [0.25, 0.3) is 0 Å². The van der Waals surface area contributed by atoms with Crippen molar-refractivity contribution in [2.45, 2.75) is 4.90 Å². The molecular formula is C14H11BrN2O3S. The zero-order valence-electron chi connectivity index (χ0n) is 10.8. The van der Waals surface area contributed by atoms with E-state index in [4.69, 9.17) is 0 Å². The van der Waals surface area contributed by atoms with Gasteiger partial charge in [-0.05, 0) is 34.1 Å². The van der Waals surface area contributed by atoms with Gasteiger partial charge in [0, 0.05) is 21.5 Å². The molecule has 1 N–H and O–H groups in total. The number of benzene rings is 2. The number of carbonyl (C=O) groups excluding carboxylic acids is 1. The van der Waals surface area contributed by atoms with Gasteiger partial charge in [-0.2, -0.15) is 0 Å². The first-order valence-electron chi connectivity index (χ1n) is 5.98. The molecule has 21 heavy (non-hydrogen) atoms. The molecule has 2 rings (SSSR count). The Bertz CT molecular complexity index is 665. The minimum Gasteiger partial charge on any atom is -0.324 e. The summed E-state index contributed by atoms with van der Waals surface area (Å²) in [6.45, 7) is 0. The lowest BCUT2D eigenvalue weighted by molar-refractivity contribution is -0.384. The van der Waals surface area contributed by atoms with Crippen LogP contribution in [0.2, 0.25) is 0 Å². The number of thioether (sulfide) groups is 1. The molecule has 0 spiro atoms. The van der Waals surface area contributed by atoms with E-state index in [0.717, 1.165) is 4.90 Å². The van der Waals surface area contributed by atoms with Crippen LogP contribution < -0.4 is 5.32 Å². The molecule has 0 aliphatic carbocycles. The molecule has 0 saturated heterocycles. The van der Waals surface area contributed by atoms with E-state index in [0.29, 0.717) is 10.2 Å². The van der Waals surface area contributed by atoms with Crippen LogP contribution in [0, 0.1) is 10.1 Å². The molecule has 0 fully saturated rings. The summed E-state index contributed by atoms with van der Waals surface area (Å²) in [6, 6.07) is 13.8. The molecule has 0 bridgehead atoms. The number of non-ortho nitro benzene ring substituents is 1. The van der Waals surface area contributed by atoms with E-state index in [1.807, 2.05) is 30.3 Å². The number of hydrogen-bond acceptors (Lipinski definition) is 4. The molecule has 7 heteroatoms. The van der Waals surface area contributed by atoms with Crippen molar-refractivity contribution in [3.63, 3.8) is 0 Å². The number of anilines is 1. The third-order valence-electron chi connectivity index (χ3n) is 2.55. The predicted molar refractivity (Wildman–Crippen MR) is 86.6 cm³/mol. The number of rotatable bonds is 5. The molecule has 0 heterocycles. The highest BCUT2D eigenvalue weighted by Gasteiger charge is 2.11. The van der Waals surface area contributed by atoms with Crippen molar-refractivity contribution in [2.24, 2.45) is 0 Å². The third-order valence-corrected chi connectivity index (χ3v) is 4.22. The van der Waals surface area contributed by atoms with Crippen molar-refractivity contribution in [1.29, 1.82) is 0 Å². The first kappa shape index (κ1) is 15.5. The Balaban J connectivity index is 1.95. The molecule has 0 aromatic heterocycles. The first-order valence-corrected chi connectivity index (χ1v) is 7.76. The van der Waals surface area contributed by atoms with Crippen LogP contribution in [-0.2, 0) is 4.79 Å². The minimum absolute atomic E-state index is 0.0291. The number of amides is 1. The standard InChI is InChI=1S/C14H11BrN2O3S/c15-12-8-10(17(19)20)6-7-13(12)16-14(18)9-21-11-4-2-1-3-5-11/h1-8H,9H2,(H,16,18). The van der Waals surface area contributed by atoms with E-state index in [1.54, 1.807) is 0 Å². The fraction of sp³-hybridized carbons (Fsp3) is 0.0714. The highest BCUT2D eigenvalue weighted by molar-refractivity contribution is 9.10. The van der Waals surface area contributed by atoms with Crippen LogP contribution in [0.1, 0.15) is 0 Å². The molecule has 0 radical (unpaired) electrons. The molecule has 0 aliphatic heterocycles. The minimum atomic E-state index is -0.485. The molecular weight excluding hydrogens is 356 g/mol. The van der Waals surface area contributed by atoms with Gasteiger partial charge in [-0.15, -0.1) is 11.8 Å². The molecule has 5 nitrogen and oxygen atoms in total. The monoisotopic (exact) mass is 366 g/mol. The first-order chi connectivity index (χ1) is 10.1. The quantitative estimate of drug-likeness (QED) is 0.491. The van der Waals surface area contributed by atoms with Crippen molar-refractivity contribution in [3.8, 4) is 0 Å². The maximum atomic E-state index is 11.9. The third kappa shape index (κ3) is 4.57. The molecule has 0 aliphatic rings. The molecule has 0 unspecified atom stereocenters. The van der Waals surface area contributed by atoms with Gasteiger partial charge in [0.1, 0.15) is 0 Å². The lowest BCUT2D eigenvalue weighted by atomic mass is 10.3. The molecule has 0 atom stereocenters. The number of nitro benzene ring substituents is 1. The van der Waals surface area contributed by atoms with Gasteiger partial charge in [0.2, 0.25) is 5.91 Å². The highest BCUT2D eigenvalue weighted by Crippen LogP contribution is 2.27. The maximum absolute atomic E-state index is 11.9. The second kappa shape index (κ2) is 7.24. The molecule has 108 valence electrons. The Morgan fingerprint density at radius 1 is 1.24 bits per heavy atom. The Labute approximate surface area is 134 Å².